The van der Waals surface area contributed by atoms with Crippen LogP contribution in [0.3, 0.4) is 0 Å². The fourth-order valence-corrected chi connectivity index (χ4v) is 1.98. The Morgan fingerprint density at radius 2 is 1.78 bits per heavy atom. The van der Waals surface area contributed by atoms with Crippen molar-refractivity contribution < 1.29 is 19.4 Å². The Morgan fingerprint density at radius 3 is 2.22 bits per heavy atom. The van der Waals surface area contributed by atoms with E-state index in [-0.39, 0.29) is 11.1 Å². The predicted molar refractivity (Wildman–Crippen MR) is 70.7 cm³/mol. The summed E-state index contributed by atoms with van der Waals surface area (Å²) in [5, 5.41) is 9.67. The van der Waals surface area contributed by atoms with E-state index in [2.05, 4.69) is 9.73 Å². The summed E-state index contributed by atoms with van der Waals surface area (Å²) in [6.45, 7) is 0. The van der Waals surface area contributed by atoms with E-state index in [0.29, 0.717) is 10.6 Å². The number of hydrogen-bond acceptors (Lipinski definition) is 5. The van der Waals surface area contributed by atoms with Crippen molar-refractivity contribution in [3.05, 3.63) is 34.9 Å². The van der Waals surface area contributed by atoms with E-state index < -0.39 is 11.9 Å². The molecule has 0 aliphatic rings. The van der Waals surface area contributed by atoms with Gasteiger partial charge in [0, 0.05) is 12.6 Å². The molecule has 1 aromatic rings. The number of thioether (sulfide) groups is 1. The molecule has 0 amide bonds. The van der Waals surface area contributed by atoms with Gasteiger partial charge in [0.1, 0.15) is 0 Å². The van der Waals surface area contributed by atoms with Gasteiger partial charge in [-0.25, -0.2) is 9.59 Å². The molecule has 0 unspecified atom stereocenters. The molecule has 0 aromatic heterocycles. The van der Waals surface area contributed by atoms with Crippen LogP contribution in [0.4, 0.5) is 0 Å². The summed E-state index contributed by atoms with van der Waals surface area (Å²) in [5.74, 6) is -1.67. The largest absolute Gasteiger partial charge is 0.478 e. The molecule has 0 heterocycles. The first-order chi connectivity index (χ1) is 8.53. The van der Waals surface area contributed by atoms with Crippen LogP contribution in [0, 0.1) is 0 Å². The highest BCUT2D eigenvalue weighted by molar-refractivity contribution is 8.13. The Balaban J connectivity index is 3.39. The molecule has 96 valence electrons. The summed E-state index contributed by atoms with van der Waals surface area (Å²) in [4.78, 5) is 26.5. The predicted octanol–water partition coefficient (Wildman–Crippen LogP) is 1.91. The van der Waals surface area contributed by atoms with Crippen LogP contribution in [-0.4, -0.2) is 42.5 Å². The average molecular weight is 267 g/mol. The quantitative estimate of drug-likeness (QED) is 0.514. The number of aromatic carboxylic acids is 1. The summed E-state index contributed by atoms with van der Waals surface area (Å²) in [6.07, 6.45) is 1.83. The number of hydrogen-bond donors (Lipinski definition) is 1. The average Bonchev–Trinajstić information content (AvgIpc) is 2.38. The Labute approximate surface area is 109 Å². The molecule has 1 rings (SSSR count). The third-order valence-electron chi connectivity index (χ3n) is 2.24. The first-order valence-electron chi connectivity index (χ1n) is 5.01. The zero-order chi connectivity index (χ0) is 13.7. The monoisotopic (exact) mass is 267 g/mol. The number of methoxy groups -OCH3 is 1. The number of nitrogens with zero attached hydrogens (tertiary/aromatic N) is 1. The van der Waals surface area contributed by atoms with Gasteiger partial charge in [0.15, 0.2) is 0 Å². The zero-order valence-corrected chi connectivity index (χ0v) is 11.1. The SMILES string of the molecule is CN=C(SC)c1cc(C(=O)O)cc(C(=O)OC)c1. The molecule has 5 nitrogen and oxygen atoms in total. The zero-order valence-electron chi connectivity index (χ0n) is 10.3. The highest BCUT2D eigenvalue weighted by atomic mass is 32.2. The van der Waals surface area contributed by atoms with E-state index in [1.807, 2.05) is 6.26 Å². The molecule has 1 N–H and O–H groups in total. The van der Waals surface area contributed by atoms with Crippen molar-refractivity contribution >= 4 is 28.7 Å². The van der Waals surface area contributed by atoms with Crippen molar-refractivity contribution in [1.29, 1.82) is 0 Å². The lowest BCUT2D eigenvalue weighted by molar-refractivity contribution is 0.0600. The first-order valence-corrected chi connectivity index (χ1v) is 6.23. The van der Waals surface area contributed by atoms with Crippen LogP contribution in [0.5, 0.6) is 0 Å². The highest BCUT2D eigenvalue weighted by Crippen LogP contribution is 2.17. The summed E-state index contributed by atoms with van der Waals surface area (Å²) in [5.41, 5.74) is 0.816. The Kier molecular flexibility index (Phi) is 4.91. The van der Waals surface area contributed by atoms with Crippen molar-refractivity contribution in [2.24, 2.45) is 4.99 Å². The number of carbonyl (C=O) groups is 2. The van der Waals surface area contributed by atoms with Gasteiger partial charge in [0.05, 0.1) is 23.3 Å². The molecule has 1 aromatic carbocycles. The number of ether oxygens (including phenoxy) is 1. The molecule has 0 fully saturated rings. The molecule has 6 heteroatoms. The van der Waals surface area contributed by atoms with Crippen LogP contribution in [0.2, 0.25) is 0 Å². The number of carbonyl (C=O) groups excluding carboxylic acids is 1. The molecule has 0 spiro atoms. The number of carboxylic acids is 1. The number of carboxylic acid groups (broad SMARTS) is 1. The third-order valence-corrected chi connectivity index (χ3v) is 3.05. The topological polar surface area (TPSA) is 76.0 Å². The summed E-state index contributed by atoms with van der Waals surface area (Å²) < 4.78 is 4.59. The lowest BCUT2D eigenvalue weighted by atomic mass is 10.1. The minimum atomic E-state index is -1.10. The third kappa shape index (κ3) is 3.10. The number of rotatable bonds is 3. The van der Waals surface area contributed by atoms with Gasteiger partial charge >= 0.3 is 11.9 Å². The van der Waals surface area contributed by atoms with Crippen LogP contribution < -0.4 is 0 Å². The van der Waals surface area contributed by atoms with E-state index in [1.165, 1.54) is 31.0 Å². The van der Waals surface area contributed by atoms with Gasteiger partial charge in [-0.15, -0.1) is 11.8 Å². The second-order valence-corrected chi connectivity index (χ2v) is 4.12. The second kappa shape index (κ2) is 6.20. The van der Waals surface area contributed by atoms with Gasteiger partial charge in [-0.05, 0) is 24.5 Å². The van der Waals surface area contributed by atoms with E-state index in [0.717, 1.165) is 0 Å². The smallest absolute Gasteiger partial charge is 0.337 e. The van der Waals surface area contributed by atoms with Crippen molar-refractivity contribution in [1.82, 2.24) is 0 Å². The van der Waals surface area contributed by atoms with Crippen LogP contribution in [0.15, 0.2) is 23.2 Å². The summed E-state index contributed by atoms with van der Waals surface area (Å²) in [6, 6.07) is 4.33. The minimum absolute atomic E-state index is 0.0306. The molecule has 0 radical (unpaired) electrons. The van der Waals surface area contributed by atoms with Crippen molar-refractivity contribution in [3.63, 3.8) is 0 Å². The number of benzene rings is 1. The first kappa shape index (κ1) is 14.2. The van der Waals surface area contributed by atoms with Gasteiger partial charge in [0.25, 0.3) is 0 Å². The molecule has 18 heavy (non-hydrogen) atoms. The van der Waals surface area contributed by atoms with Crippen LogP contribution in [0.1, 0.15) is 26.3 Å². The van der Waals surface area contributed by atoms with Gasteiger partial charge in [-0.3, -0.25) is 4.99 Å². The molecule has 0 saturated heterocycles. The Morgan fingerprint density at radius 1 is 1.22 bits per heavy atom. The Hall–Kier alpha value is -1.82. The molecular formula is C12H13NO4S. The molecule has 0 aliphatic carbocycles. The van der Waals surface area contributed by atoms with Crippen molar-refractivity contribution in [2.45, 2.75) is 0 Å². The normalized spacial score (nSPS) is 11.2. The maximum Gasteiger partial charge on any atom is 0.337 e. The van der Waals surface area contributed by atoms with E-state index >= 15 is 0 Å². The van der Waals surface area contributed by atoms with E-state index in [4.69, 9.17) is 5.11 Å². The van der Waals surface area contributed by atoms with Gasteiger partial charge < -0.3 is 9.84 Å². The van der Waals surface area contributed by atoms with Gasteiger partial charge in [-0.2, -0.15) is 0 Å². The van der Waals surface area contributed by atoms with E-state index in [1.54, 1.807) is 13.1 Å². The lowest BCUT2D eigenvalue weighted by Crippen LogP contribution is -2.08. The number of esters is 1. The van der Waals surface area contributed by atoms with Crippen LogP contribution in [-0.2, 0) is 4.74 Å². The lowest BCUT2D eigenvalue weighted by Gasteiger charge is -2.07. The molecule has 0 bridgehead atoms. The standard InChI is InChI=1S/C12H13NO4S/c1-13-10(18-3)7-4-8(11(14)15)6-9(5-7)12(16)17-2/h4-6H,1-3H3,(H,14,15). The molecule has 0 atom stereocenters. The second-order valence-electron chi connectivity index (χ2n) is 3.33. The van der Waals surface area contributed by atoms with Crippen LogP contribution >= 0.6 is 11.8 Å². The minimum Gasteiger partial charge on any atom is -0.478 e. The summed E-state index contributed by atoms with van der Waals surface area (Å²) in [7, 11) is 2.86. The maximum atomic E-state index is 11.5. The highest BCUT2D eigenvalue weighted by Gasteiger charge is 2.14. The molecule has 0 aliphatic heterocycles. The van der Waals surface area contributed by atoms with Gasteiger partial charge in [-0.1, -0.05) is 0 Å². The fourth-order valence-electron chi connectivity index (χ4n) is 1.45. The van der Waals surface area contributed by atoms with Crippen molar-refractivity contribution in [3.8, 4) is 0 Å². The van der Waals surface area contributed by atoms with Gasteiger partial charge in [0.2, 0.25) is 0 Å². The van der Waals surface area contributed by atoms with E-state index in [9.17, 15) is 9.59 Å². The Bertz CT molecular complexity index is 511. The maximum absolute atomic E-state index is 11.5. The fraction of sp³-hybridized carbons (Fsp3) is 0.250. The summed E-state index contributed by atoms with van der Waals surface area (Å²) >= 11 is 1.38. The molecule has 0 saturated carbocycles. The van der Waals surface area contributed by atoms with Crippen LogP contribution in [0.25, 0.3) is 0 Å². The number of aliphatic imine (C=N–C) groups is 1. The molecular weight excluding hydrogens is 254 g/mol. The van der Waals surface area contributed by atoms with Crippen molar-refractivity contribution in [2.75, 3.05) is 20.4 Å².